The van der Waals surface area contributed by atoms with Crippen molar-refractivity contribution in [3.05, 3.63) is 101 Å². The van der Waals surface area contributed by atoms with Crippen molar-refractivity contribution in [3.63, 3.8) is 0 Å². The molecule has 0 bridgehead atoms. The number of amidine groups is 2. The summed E-state index contributed by atoms with van der Waals surface area (Å²) in [7, 11) is 1.80. The van der Waals surface area contributed by atoms with Crippen LogP contribution in [0.5, 0.6) is 0 Å². The molecule has 0 unspecified atom stereocenters. The highest BCUT2D eigenvalue weighted by molar-refractivity contribution is 6.13. The summed E-state index contributed by atoms with van der Waals surface area (Å²) in [6.45, 7) is 9.65. The molecule has 36 heavy (non-hydrogen) atoms. The summed E-state index contributed by atoms with van der Waals surface area (Å²) in [5.41, 5.74) is 15.1. The lowest BCUT2D eigenvalue weighted by atomic mass is 9.99. The van der Waals surface area contributed by atoms with Crippen molar-refractivity contribution in [1.29, 1.82) is 10.8 Å². The van der Waals surface area contributed by atoms with E-state index in [1.807, 2.05) is 13.8 Å². The fourth-order valence-corrected chi connectivity index (χ4v) is 2.79. The Labute approximate surface area is 212 Å². The van der Waals surface area contributed by atoms with Gasteiger partial charge < -0.3 is 16.8 Å². The monoisotopic (exact) mass is 490 g/mol. The number of anilines is 1. The summed E-state index contributed by atoms with van der Waals surface area (Å²) in [5, 5.41) is 19.1. The molecule has 0 amide bonds. The Hall–Kier alpha value is -4.33. The number of aliphatic imine (C=N–C) groups is 1. The summed E-state index contributed by atoms with van der Waals surface area (Å²) in [6, 6.07) is 12.9. The van der Waals surface area contributed by atoms with Gasteiger partial charge in [-0.2, -0.15) is 0 Å². The molecular weight excluding hydrogens is 455 g/mol. The van der Waals surface area contributed by atoms with Crippen LogP contribution in [0.4, 0.5) is 10.1 Å². The Morgan fingerprint density at radius 3 is 2.33 bits per heavy atom. The van der Waals surface area contributed by atoms with E-state index in [9.17, 15) is 9.18 Å². The van der Waals surface area contributed by atoms with Crippen molar-refractivity contribution in [2.75, 3.05) is 12.4 Å². The van der Waals surface area contributed by atoms with Crippen molar-refractivity contribution in [2.45, 2.75) is 27.2 Å². The number of benzene rings is 2. The summed E-state index contributed by atoms with van der Waals surface area (Å²) in [6.07, 6.45) is 4.58. The van der Waals surface area contributed by atoms with Crippen LogP contribution in [0.2, 0.25) is 0 Å². The number of allylic oxidation sites excluding steroid dienone is 3. The molecule has 0 spiro atoms. The number of aldehydes is 1. The number of nitrogens with zero attached hydrogens (tertiary/aromatic N) is 1. The lowest BCUT2D eigenvalue weighted by molar-refractivity contribution is 0.112. The Bertz CT molecular complexity index is 1180. The molecule has 190 valence electrons. The first-order valence-corrected chi connectivity index (χ1v) is 11.3. The van der Waals surface area contributed by atoms with Crippen molar-refractivity contribution >= 4 is 29.4 Å². The smallest absolute Gasteiger partial charge is 0.150 e. The van der Waals surface area contributed by atoms with Crippen LogP contribution in [-0.2, 0) is 0 Å². The van der Waals surface area contributed by atoms with E-state index in [0.29, 0.717) is 46.1 Å². The van der Waals surface area contributed by atoms with Crippen molar-refractivity contribution < 1.29 is 9.18 Å². The lowest BCUT2D eigenvalue weighted by Crippen LogP contribution is -2.16. The van der Waals surface area contributed by atoms with Crippen molar-refractivity contribution in [2.24, 2.45) is 22.4 Å². The highest BCUT2D eigenvalue weighted by Crippen LogP contribution is 2.13. The second-order valence-electron chi connectivity index (χ2n) is 8.38. The van der Waals surface area contributed by atoms with Gasteiger partial charge in [0.2, 0.25) is 0 Å². The fraction of sp³-hybridized carbons (Fsp3) is 0.214. The summed E-state index contributed by atoms with van der Waals surface area (Å²) < 4.78 is 12.2. The minimum atomic E-state index is -0.200. The zero-order chi connectivity index (χ0) is 27.3. The molecule has 7 N–H and O–H groups in total. The number of hydrogen-bond donors (Lipinski definition) is 5. The number of hydrogen-bond acceptors (Lipinski definition) is 5. The summed E-state index contributed by atoms with van der Waals surface area (Å²) in [5.74, 6) is 0.653. The molecule has 0 heterocycles. The number of carbonyl (C=O) groups is 1. The zero-order valence-electron chi connectivity index (χ0n) is 21.2. The summed E-state index contributed by atoms with van der Waals surface area (Å²) in [4.78, 5) is 15.0. The van der Waals surface area contributed by atoms with Crippen LogP contribution in [0.1, 0.15) is 43.1 Å². The molecule has 7 nitrogen and oxygen atoms in total. The predicted octanol–water partition coefficient (Wildman–Crippen LogP) is 5.46. The van der Waals surface area contributed by atoms with Gasteiger partial charge >= 0.3 is 0 Å². The molecule has 0 saturated carbocycles. The zero-order valence-corrected chi connectivity index (χ0v) is 21.2. The minimum absolute atomic E-state index is 0.0663. The van der Waals surface area contributed by atoms with E-state index < -0.39 is 0 Å². The van der Waals surface area contributed by atoms with Crippen LogP contribution in [0, 0.1) is 22.6 Å². The highest BCUT2D eigenvalue weighted by atomic mass is 19.1. The molecule has 0 aliphatic heterocycles. The third-order valence-corrected chi connectivity index (χ3v) is 4.85. The number of rotatable bonds is 9. The van der Waals surface area contributed by atoms with E-state index in [4.69, 9.17) is 22.3 Å². The maximum Gasteiger partial charge on any atom is 0.150 e. The minimum Gasteiger partial charge on any atom is -0.398 e. The highest BCUT2D eigenvalue weighted by Gasteiger charge is 2.09. The Balaban J connectivity index is 0.000000600. The Morgan fingerprint density at radius 2 is 1.78 bits per heavy atom. The van der Waals surface area contributed by atoms with Crippen LogP contribution in [0.25, 0.3) is 0 Å². The topological polar surface area (TPSA) is 141 Å². The van der Waals surface area contributed by atoms with Gasteiger partial charge in [-0.15, -0.1) is 0 Å². The second kappa shape index (κ2) is 14.8. The molecule has 8 heteroatoms. The average Bonchev–Trinajstić information content (AvgIpc) is 2.86. The molecule has 0 radical (unpaired) electrons. The molecule has 2 aromatic carbocycles. The van der Waals surface area contributed by atoms with Gasteiger partial charge in [0.15, 0.2) is 0 Å². The number of carbonyl (C=O) groups excluding carboxylic acids is 1. The van der Waals surface area contributed by atoms with E-state index in [-0.39, 0.29) is 17.4 Å². The predicted molar refractivity (Wildman–Crippen MR) is 149 cm³/mol. The molecule has 0 aromatic heterocycles. The molecule has 0 saturated heterocycles. The van der Waals surface area contributed by atoms with Gasteiger partial charge in [0.1, 0.15) is 23.8 Å². The first kappa shape index (κ1) is 29.7. The van der Waals surface area contributed by atoms with Crippen LogP contribution in [-0.4, -0.2) is 30.7 Å². The standard InChI is InChI=1S/C21H27N5O.C7H8FN/c1-13(2)10-19(23)26-21(25)14(3)8-9-18(22)15(4)20(24)17-7-5-6-16(11-17)12-27;1-9-7-4-2-6(8)3-5-7/h5-9,11-13,24H,4,10,22H2,1-3H3,(H3,23,25,26);2-5,9H,1H3/b14-8+,18-9+,24-20?;. The van der Waals surface area contributed by atoms with Gasteiger partial charge in [-0.05, 0) is 54.8 Å². The average molecular weight is 491 g/mol. The van der Waals surface area contributed by atoms with Gasteiger partial charge in [-0.3, -0.25) is 15.6 Å². The van der Waals surface area contributed by atoms with Crippen LogP contribution >= 0.6 is 0 Å². The van der Waals surface area contributed by atoms with E-state index in [2.05, 4.69) is 16.9 Å². The first-order chi connectivity index (χ1) is 17.0. The van der Waals surface area contributed by atoms with Gasteiger partial charge in [0.25, 0.3) is 0 Å². The Kier molecular flexibility index (Phi) is 12.2. The molecule has 0 aliphatic rings. The third-order valence-electron chi connectivity index (χ3n) is 4.85. The van der Waals surface area contributed by atoms with Crippen LogP contribution in [0.3, 0.4) is 0 Å². The fourth-order valence-electron chi connectivity index (χ4n) is 2.79. The van der Waals surface area contributed by atoms with E-state index >= 15 is 0 Å². The number of halogens is 1. The van der Waals surface area contributed by atoms with Crippen molar-refractivity contribution in [3.8, 4) is 0 Å². The first-order valence-electron chi connectivity index (χ1n) is 11.3. The SMILES string of the molecule is C=C(C(=N)c1cccc(C=O)c1)/C(N)=C\C=C(/C)C(=N)N=C(N)CC(C)C.CNc1ccc(F)cc1. The quantitative estimate of drug-likeness (QED) is 0.138. The maximum absolute atomic E-state index is 12.2. The second-order valence-corrected chi connectivity index (χ2v) is 8.38. The van der Waals surface area contributed by atoms with Crippen LogP contribution < -0.4 is 16.8 Å². The molecular formula is C28H35FN6O. The Morgan fingerprint density at radius 1 is 1.14 bits per heavy atom. The number of nitrogens with one attached hydrogen (secondary N) is 3. The van der Waals surface area contributed by atoms with E-state index in [1.54, 1.807) is 62.5 Å². The van der Waals surface area contributed by atoms with Gasteiger partial charge in [-0.1, -0.05) is 44.7 Å². The van der Waals surface area contributed by atoms with Crippen LogP contribution in [0.15, 0.2) is 89.1 Å². The third kappa shape index (κ3) is 10.3. The lowest BCUT2D eigenvalue weighted by Gasteiger charge is -2.09. The van der Waals surface area contributed by atoms with Gasteiger partial charge in [0.05, 0.1) is 5.71 Å². The normalized spacial score (nSPS) is 11.9. The maximum atomic E-state index is 12.2. The molecule has 0 aliphatic carbocycles. The molecule has 2 rings (SSSR count). The summed E-state index contributed by atoms with van der Waals surface area (Å²) >= 11 is 0. The largest absolute Gasteiger partial charge is 0.398 e. The molecule has 0 fully saturated rings. The molecule has 2 aromatic rings. The van der Waals surface area contributed by atoms with Crippen molar-refractivity contribution in [1.82, 2.24) is 0 Å². The van der Waals surface area contributed by atoms with Gasteiger partial charge in [0, 0.05) is 41.6 Å². The van der Waals surface area contributed by atoms with E-state index in [0.717, 1.165) is 12.0 Å². The van der Waals surface area contributed by atoms with E-state index in [1.165, 1.54) is 12.1 Å². The van der Waals surface area contributed by atoms with Gasteiger partial charge in [-0.25, -0.2) is 9.38 Å². The number of nitrogens with two attached hydrogens (primary N) is 2. The molecule has 0 atom stereocenters.